The molecule has 9 heavy (non-hydrogen) atoms. The second-order valence-electron chi connectivity index (χ2n) is 1.64. The van der Waals surface area contributed by atoms with E-state index in [0.717, 1.165) is 9.26 Å². The fraction of sp³-hybridized carbons (Fsp3) is 0.167. The molecule has 1 heterocycles. The molecular weight excluding hydrogens is 227 g/mol. The molecule has 0 aliphatic rings. The number of nitrogens with two attached hydrogens (primary N) is 1. The minimum atomic E-state index is 0.527. The zero-order valence-corrected chi connectivity index (χ0v) is 7.00. The molecule has 1 aromatic rings. The van der Waals surface area contributed by atoms with E-state index < -0.39 is 0 Å². The monoisotopic (exact) mass is 234 g/mol. The molecule has 0 atom stereocenters. The Morgan fingerprint density at radius 1 is 1.67 bits per heavy atom. The molecular formula is C6H7IN2. The van der Waals surface area contributed by atoms with Gasteiger partial charge >= 0.3 is 0 Å². The first-order valence-electron chi connectivity index (χ1n) is 2.64. The molecule has 0 aliphatic heterocycles. The summed E-state index contributed by atoms with van der Waals surface area (Å²) >= 11 is 2.22. The van der Waals surface area contributed by atoms with Crippen LogP contribution in [0, 0.1) is 3.57 Å². The number of rotatable bonds is 1. The summed E-state index contributed by atoms with van der Waals surface area (Å²) in [5.41, 5.74) is 6.35. The molecule has 0 radical (unpaired) electrons. The maximum Gasteiger partial charge on any atom is 0.0672 e. The number of nitrogens with zero attached hydrogens (tertiary/aromatic N) is 1. The van der Waals surface area contributed by atoms with Crippen molar-refractivity contribution < 1.29 is 0 Å². The molecule has 2 N–H and O–H groups in total. The van der Waals surface area contributed by atoms with Gasteiger partial charge in [0, 0.05) is 16.3 Å². The number of aromatic nitrogens is 1. The highest BCUT2D eigenvalue weighted by molar-refractivity contribution is 14.1. The van der Waals surface area contributed by atoms with Gasteiger partial charge in [-0.15, -0.1) is 0 Å². The second kappa shape index (κ2) is 3.12. The standard InChI is InChI=1S/C6H7IN2/c7-5-2-1-3-9-6(5)4-8/h1-3H,4,8H2. The van der Waals surface area contributed by atoms with Crippen LogP contribution in [-0.4, -0.2) is 4.98 Å². The van der Waals surface area contributed by atoms with Crippen molar-refractivity contribution in [1.29, 1.82) is 0 Å². The van der Waals surface area contributed by atoms with Crippen molar-refractivity contribution in [2.45, 2.75) is 6.54 Å². The largest absolute Gasteiger partial charge is 0.325 e. The summed E-state index contributed by atoms with van der Waals surface area (Å²) in [6.07, 6.45) is 1.75. The Hall–Kier alpha value is -0.160. The molecule has 0 aliphatic carbocycles. The number of pyridine rings is 1. The second-order valence-corrected chi connectivity index (χ2v) is 2.80. The van der Waals surface area contributed by atoms with Crippen LogP contribution in [-0.2, 0) is 6.54 Å². The van der Waals surface area contributed by atoms with Crippen LogP contribution in [0.5, 0.6) is 0 Å². The SMILES string of the molecule is NCc1ncccc1I. The molecule has 0 fully saturated rings. The van der Waals surface area contributed by atoms with Gasteiger partial charge in [-0.3, -0.25) is 4.98 Å². The van der Waals surface area contributed by atoms with Crippen LogP contribution in [0.2, 0.25) is 0 Å². The lowest BCUT2D eigenvalue weighted by atomic mass is 10.4. The summed E-state index contributed by atoms with van der Waals surface area (Å²) in [6.45, 7) is 0.527. The van der Waals surface area contributed by atoms with E-state index in [-0.39, 0.29) is 0 Å². The highest BCUT2D eigenvalue weighted by atomic mass is 127. The minimum absolute atomic E-state index is 0.527. The lowest BCUT2D eigenvalue weighted by Crippen LogP contribution is -2.00. The Morgan fingerprint density at radius 2 is 2.44 bits per heavy atom. The third kappa shape index (κ3) is 1.62. The smallest absolute Gasteiger partial charge is 0.0672 e. The summed E-state index contributed by atoms with van der Waals surface area (Å²) in [6, 6.07) is 3.90. The summed E-state index contributed by atoms with van der Waals surface area (Å²) in [4.78, 5) is 4.06. The van der Waals surface area contributed by atoms with E-state index in [1.807, 2.05) is 12.1 Å². The van der Waals surface area contributed by atoms with E-state index in [9.17, 15) is 0 Å². The zero-order valence-electron chi connectivity index (χ0n) is 4.84. The highest BCUT2D eigenvalue weighted by Gasteiger charge is 1.93. The molecule has 2 nitrogen and oxygen atoms in total. The zero-order chi connectivity index (χ0) is 6.69. The Balaban J connectivity index is 3.01. The third-order valence-electron chi connectivity index (χ3n) is 1.03. The molecule has 0 saturated carbocycles. The molecule has 48 valence electrons. The van der Waals surface area contributed by atoms with Crippen molar-refractivity contribution in [1.82, 2.24) is 4.98 Å². The summed E-state index contributed by atoms with van der Waals surface area (Å²) in [7, 11) is 0. The Morgan fingerprint density at radius 3 is 2.89 bits per heavy atom. The van der Waals surface area contributed by atoms with Gasteiger partial charge in [-0.25, -0.2) is 0 Å². The van der Waals surface area contributed by atoms with Crippen molar-refractivity contribution in [3.05, 3.63) is 27.6 Å². The maximum atomic E-state index is 5.38. The quantitative estimate of drug-likeness (QED) is 0.740. The van der Waals surface area contributed by atoms with Crippen LogP contribution in [0.15, 0.2) is 18.3 Å². The van der Waals surface area contributed by atoms with Crippen LogP contribution in [0.1, 0.15) is 5.69 Å². The molecule has 0 saturated heterocycles. The van der Waals surface area contributed by atoms with Crippen LogP contribution >= 0.6 is 22.6 Å². The first-order chi connectivity index (χ1) is 4.34. The van der Waals surface area contributed by atoms with Gasteiger partial charge in [-0.2, -0.15) is 0 Å². The van der Waals surface area contributed by atoms with Gasteiger partial charge in [0.25, 0.3) is 0 Å². The molecule has 0 bridgehead atoms. The first-order valence-corrected chi connectivity index (χ1v) is 3.72. The lowest BCUT2D eigenvalue weighted by molar-refractivity contribution is 0.978. The number of hydrogen-bond donors (Lipinski definition) is 1. The van der Waals surface area contributed by atoms with Crippen molar-refractivity contribution in [2.24, 2.45) is 5.73 Å². The maximum absolute atomic E-state index is 5.38. The normalized spacial score (nSPS) is 9.56. The average molecular weight is 234 g/mol. The summed E-state index contributed by atoms with van der Waals surface area (Å²) in [5.74, 6) is 0. The van der Waals surface area contributed by atoms with Gasteiger partial charge in [0.2, 0.25) is 0 Å². The van der Waals surface area contributed by atoms with E-state index in [4.69, 9.17) is 5.73 Å². The van der Waals surface area contributed by atoms with Crippen molar-refractivity contribution in [2.75, 3.05) is 0 Å². The predicted molar refractivity (Wildman–Crippen MR) is 44.8 cm³/mol. The third-order valence-corrected chi connectivity index (χ3v) is 2.01. The Kier molecular flexibility index (Phi) is 2.41. The van der Waals surface area contributed by atoms with Crippen molar-refractivity contribution in [3.63, 3.8) is 0 Å². The van der Waals surface area contributed by atoms with Crippen molar-refractivity contribution in [3.8, 4) is 0 Å². The molecule has 0 aromatic carbocycles. The fourth-order valence-corrected chi connectivity index (χ4v) is 1.14. The predicted octanol–water partition coefficient (Wildman–Crippen LogP) is 1.14. The molecule has 3 heteroatoms. The highest BCUT2D eigenvalue weighted by Crippen LogP contribution is 2.06. The van der Waals surface area contributed by atoms with E-state index in [1.54, 1.807) is 6.20 Å². The summed E-state index contributed by atoms with van der Waals surface area (Å²) in [5, 5.41) is 0. The molecule has 0 spiro atoms. The van der Waals surface area contributed by atoms with Gasteiger partial charge in [-0.05, 0) is 34.7 Å². The van der Waals surface area contributed by atoms with E-state index in [0.29, 0.717) is 6.54 Å². The van der Waals surface area contributed by atoms with Crippen LogP contribution in [0.25, 0.3) is 0 Å². The minimum Gasteiger partial charge on any atom is -0.325 e. The van der Waals surface area contributed by atoms with Gasteiger partial charge in [0.05, 0.1) is 5.69 Å². The number of halogens is 1. The summed E-state index contributed by atoms with van der Waals surface area (Å²) < 4.78 is 1.14. The van der Waals surface area contributed by atoms with Crippen LogP contribution in [0.3, 0.4) is 0 Å². The van der Waals surface area contributed by atoms with Crippen LogP contribution < -0.4 is 5.73 Å². The van der Waals surface area contributed by atoms with Crippen molar-refractivity contribution >= 4 is 22.6 Å². The first kappa shape index (κ1) is 6.95. The Labute approximate surface area is 67.6 Å². The van der Waals surface area contributed by atoms with E-state index >= 15 is 0 Å². The molecule has 0 unspecified atom stereocenters. The van der Waals surface area contributed by atoms with Gasteiger partial charge < -0.3 is 5.73 Å². The topological polar surface area (TPSA) is 38.9 Å². The lowest BCUT2D eigenvalue weighted by Gasteiger charge is -1.95. The number of hydrogen-bond acceptors (Lipinski definition) is 2. The van der Waals surface area contributed by atoms with E-state index in [1.165, 1.54) is 0 Å². The average Bonchev–Trinajstić information content (AvgIpc) is 1.89. The fourth-order valence-electron chi connectivity index (χ4n) is 0.569. The van der Waals surface area contributed by atoms with E-state index in [2.05, 4.69) is 27.6 Å². The molecule has 0 amide bonds. The molecule has 1 rings (SSSR count). The van der Waals surface area contributed by atoms with Gasteiger partial charge in [0.15, 0.2) is 0 Å². The van der Waals surface area contributed by atoms with Crippen LogP contribution in [0.4, 0.5) is 0 Å². The molecule has 1 aromatic heterocycles. The van der Waals surface area contributed by atoms with Gasteiger partial charge in [0.1, 0.15) is 0 Å². The Bertz CT molecular complexity index is 200. The van der Waals surface area contributed by atoms with Gasteiger partial charge in [-0.1, -0.05) is 0 Å².